The highest BCUT2D eigenvalue weighted by molar-refractivity contribution is 5.78. The summed E-state index contributed by atoms with van der Waals surface area (Å²) in [5.74, 6) is -1.04. The minimum absolute atomic E-state index is 0.0267. The summed E-state index contributed by atoms with van der Waals surface area (Å²) in [4.78, 5) is 23.8. The van der Waals surface area contributed by atoms with Crippen LogP contribution in [-0.4, -0.2) is 41.0 Å². The first-order valence-electron chi connectivity index (χ1n) is 5.18. The van der Waals surface area contributed by atoms with Crippen molar-refractivity contribution in [3.63, 3.8) is 0 Å². The molecule has 0 aromatic carbocycles. The third-order valence-electron chi connectivity index (χ3n) is 2.86. The normalized spacial score (nSPS) is 20.6. The molecular weight excluding hydrogens is 196 g/mol. The number of carboxylic acid groups (broad SMARTS) is 1. The standard InChI is InChI=1S/C10H18N2O3/c1-6(11)3-9(13)12-4-8(5-12)7(2)10(14)15/h6-8H,3-5,11H2,1-2H3,(H,14,15). The second kappa shape index (κ2) is 4.61. The van der Waals surface area contributed by atoms with Gasteiger partial charge in [-0.05, 0) is 6.92 Å². The number of nitrogens with two attached hydrogens (primary N) is 1. The van der Waals surface area contributed by atoms with E-state index in [4.69, 9.17) is 10.8 Å². The summed E-state index contributed by atoms with van der Waals surface area (Å²) in [5.41, 5.74) is 5.51. The molecule has 1 heterocycles. The first kappa shape index (κ1) is 12.0. The molecule has 5 nitrogen and oxygen atoms in total. The number of likely N-dealkylation sites (tertiary alicyclic amines) is 1. The Labute approximate surface area is 89.2 Å². The van der Waals surface area contributed by atoms with Crippen LogP contribution in [0.3, 0.4) is 0 Å². The Morgan fingerprint density at radius 2 is 2.00 bits per heavy atom. The van der Waals surface area contributed by atoms with E-state index >= 15 is 0 Å². The number of hydrogen-bond donors (Lipinski definition) is 2. The van der Waals surface area contributed by atoms with Crippen LogP contribution < -0.4 is 5.73 Å². The van der Waals surface area contributed by atoms with Crippen molar-refractivity contribution in [2.24, 2.45) is 17.6 Å². The van der Waals surface area contributed by atoms with Crippen LogP contribution in [0.5, 0.6) is 0 Å². The van der Waals surface area contributed by atoms with Crippen LogP contribution in [0.25, 0.3) is 0 Å². The quantitative estimate of drug-likeness (QED) is 0.684. The van der Waals surface area contributed by atoms with Gasteiger partial charge in [0.25, 0.3) is 0 Å². The molecule has 86 valence electrons. The van der Waals surface area contributed by atoms with Crippen LogP contribution in [0.4, 0.5) is 0 Å². The van der Waals surface area contributed by atoms with Crippen LogP contribution >= 0.6 is 0 Å². The lowest BCUT2D eigenvalue weighted by atomic mass is 9.87. The zero-order chi connectivity index (χ0) is 11.6. The molecule has 1 rings (SSSR count). The Kier molecular flexibility index (Phi) is 3.68. The van der Waals surface area contributed by atoms with E-state index in [1.54, 1.807) is 18.7 Å². The molecule has 3 N–H and O–H groups in total. The summed E-state index contributed by atoms with van der Waals surface area (Å²) in [6.45, 7) is 4.58. The van der Waals surface area contributed by atoms with E-state index in [0.717, 1.165) is 0 Å². The Morgan fingerprint density at radius 1 is 1.47 bits per heavy atom. The zero-order valence-electron chi connectivity index (χ0n) is 9.14. The number of nitrogens with zero attached hydrogens (tertiary/aromatic N) is 1. The predicted molar refractivity (Wildman–Crippen MR) is 55.1 cm³/mol. The van der Waals surface area contributed by atoms with Crippen LogP contribution in [0.15, 0.2) is 0 Å². The van der Waals surface area contributed by atoms with E-state index in [2.05, 4.69) is 0 Å². The topological polar surface area (TPSA) is 83.6 Å². The molecule has 1 aliphatic rings. The smallest absolute Gasteiger partial charge is 0.306 e. The van der Waals surface area contributed by atoms with Gasteiger partial charge in [0.15, 0.2) is 0 Å². The Hall–Kier alpha value is -1.10. The number of rotatable bonds is 4. The monoisotopic (exact) mass is 214 g/mol. The molecule has 0 aromatic heterocycles. The second-order valence-corrected chi connectivity index (χ2v) is 4.37. The third kappa shape index (κ3) is 2.92. The molecule has 0 spiro atoms. The van der Waals surface area contributed by atoms with Crippen molar-refractivity contribution in [3.8, 4) is 0 Å². The lowest BCUT2D eigenvalue weighted by Gasteiger charge is -2.41. The van der Waals surface area contributed by atoms with Gasteiger partial charge in [-0.2, -0.15) is 0 Å². The highest BCUT2D eigenvalue weighted by Crippen LogP contribution is 2.24. The fourth-order valence-corrected chi connectivity index (χ4v) is 1.64. The molecular formula is C10H18N2O3. The van der Waals surface area contributed by atoms with Gasteiger partial charge >= 0.3 is 5.97 Å². The Morgan fingerprint density at radius 3 is 2.40 bits per heavy atom. The first-order valence-corrected chi connectivity index (χ1v) is 5.18. The van der Waals surface area contributed by atoms with Gasteiger partial charge in [-0.1, -0.05) is 6.92 Å². The third-order valence-corrected chi connectivity index (χ3v) is 2.86. The summed E-state index contributed by atoms with van der Waals surface area (Å²) < 4.78 is 0. The van der Waals surface area contributed by atoms with E-state index in [0.29, 0.717) is 19.5 Å². The molecule has 2 atom stereocenters. The summed E-state index contributed by atoms with van der Waals surface area (Å²) >= 11 is 0. The summed E-state index contributed by atoms with van der Waals surface area (Å²) in [7, 11) is 0. The molecule has 1 fully saturated rings. The second-order valence-electron chi connectivity index (χ2n) is 4.37. The average Bonchev–Trinajstić information content (AvgIpc) is 1.99. The van der Waals surface area contributed by atoms with E-state index in [1.165, 1.54) is 0 Å². The van der Waals surface area contributed by atoms with Crippen LogP contribution in [0.1, 0.15) is 20.3 Å². The number of amides is 1. The van der Waals surface area contributed by atoms with Crippen molar-refractivity contribution >= 4 is 11.9 Å². The maximum absolute atomic E-state index is 11.5. The van der Waals surface area contributed by atoms with Crippen LogP contribution in [0.2, 0.25) is 0 Å². The first-order chi connectivity index (χ1) is 6.91. The van der Waals surface area contributed by atoms with Crippen molar-refractivity contribution in [1.29, 1.82) is 0 Å². The maximum atomic E-state index is 11.5. The molecule has 2 unspecified atom stereocenters. The number of carbonyl (C=O) groups is 2. The van der Waals surface area contributed by atoms with Crippen molar-refractivity contribution in [3.05, 3.63) is 0 Å². The SMILES string of the molecule is CC(N)CC(=O)N1CC(C(C)C(=O)O)C1. The van der Waals surface area contributed by atoms with Gasteiger partial charge in [0.1, 0.15) is 0 Å². The van der Waals surface area contributed by atoms with E-state index in [9.17, 15) is 9.59 Å². The van der Waals surface area contributed by atoms with Crippen molar-refractivity contribution in [2.45, 2.75) is 26.3 Å². The number of carbonyl (C=O) groups excluding carboxylic acids is 1. The molecule has 0 saturated carbocycles. The van der Waals surface area contributed by atoms with Gasteiger partial charge in [0.2, 0.25) is 5.91 Å². The fraction of sp³-hybridized carbons (Fsp3) is 0.800. The highest BCUT2D eigenvalue weighted by Gasteiger charge is 2.36. The van der Waals surface area contributed by atoms with Gasteiger partial charge in [-0.3, -0.25) is 9.59 Å². The molecule has 15 heavy (non-hydrogen) atoms. The largest absolute Gasteiger partial charge is 0.481 e. The van der Waals surface area contributed by atoms with E-state index < -0.39 is 5.97 Å². The number of hydrogen-bond acceptors (Lipinski definition) is 3. The minimum atomic E-state index is -0.792. The highest BCUT2D eigenvalue weighted by atomic mass is 16.4. The van der Waals surface area contributed by atoms with E-state index in [-0.39, 0.29) is 23.8 Å². The van der Waals surface area contributed by atoms with E-state index in [1.807, 2.05) is 0 Å². The molecule has 0 aliphatic carbocycles. The minimum Gasteiger partial charge on any atom is -0.481 e. The summed E-state index contributed by atoms with van der Waals surface area (Å²) in [5, 5.41) is 8.76. The Bertz CT molecular complexity index is 259. The van der Waals surface area contributed by atoms with Crippen LogP contribution in [0, 0.1) is 11.8 Å². The van der Waals surface area contributed by atoms with Crippen molar-refractivity contribution in [2.75, 3.05) is 13.1 Å². The molecule has 1 aliphatic heterocycles. The molecule has 5 heteroatoms. The lowest BCUT2D eigenvalue weighted by molar-refractivity contribution is -0.150. The lowest BCUT2D eigenvalue weighted by Crippen LogP contribution is -2.54. The van der Waals surface area contributed by atoms with Gasteiger partial charge in [-0.15, -0.1) is 0 Å². The zero-order valence-corrected chi connectivity index (χ0v) is 9.14. The number of aliphatic carboxylic acids is 1. The summed E-state index contributed by atoms with van der Waals surface area (Å²) in [6.07, 6.45) is 0.341. The predicted octanol–water partition coefficient (Wildman–Crippen LogP) is -0.0972. The Balaban J connectivity index is 2.31. The van der Waals surface area contributed by atoms with Gasteiger partial charge in [-0.25, -0.2) is 0 Å². The van der Waals surface area contributed by atoms with Crippen molar-refractivity contribution in [1.82, 2.24) is 4.90 Å². The summed E-state index contributed by atoms with van der Waals surface area (Å²) in [6, 6.07) is -0.131. The van der Waals surface area contributed by atoms with Gasteiger partial charge < -0.3 is 15.7 Å². The molecule has 0 bridgehead atoms. The average molecular weight is 214 g/mol. The molecule has 1 saturated heterocycles. The molecule has 0 aromatic rings. The molecule has 1 amide bonds. The fourth-order valence-electron chi connectivity index (χ4n) is 1.64. The molecule has 0 radical (unpaired) electrons. The van der Waals surface area contributed by atoms with Gasteiger partial charge in [0, 0.05) is 31.5 Å². The van der Waals surface area contributed by atoms with Crippen molar-refractivity contribution < 1.29 is 14.7 Å². The maximum Gasteiger partial charge on any atom is 0.306 e. The van der Waals surface area contributed by atoms with Gasteiger partial charge in [0.05, 0.1) is 5.92 Å². The van der Waals surface area contributed by atoms with Crippen LogP contribution in [-0.2, 0) is 9.59 Å². The number of carboxylic acids is 1.